The molecule has 1 aromatic rings. The number of rotatable bonds is 7. The largest absolute Gasteiger partial charge is 0.385 e. The first-order valence-electron chi connectivity index (χ1n) is 6.50. The summed E-state index contributed by atoms with van der Waals surface area (Å²) in [6.07, 6.45) is 0.738. The Kier molecular flexibility index (Phi) is 6.16. The topological polar surface area (TPSA) is 72.5 Å². The molecule has 1 aromatic carbocycles. The Hall–Kier alpha value is -1.40. The summed E-state index contributed by atoms with van der Waals surface area (Å²) in [5.74, 6) is -0.213. The molecule has 0 aliphatic carbocycles. The van der Waals surface area contributed by atoms with Crippen molar-refractivity contribution in [3.63, 3.8) is 0 Å². The highest BCUT2D eigenvalue weighted by Gasteiger charge is 2.19. The van der Waals surface area contributed by atoms with Crippen LogP contribution in [-0.4, -0.2) is 39.8 Å². The minimum absolute atomic E-state index is 0.213. The first-order valence-corrected chi connectivity index (χ1v) is 8.05. The fourth-order valence-corrected chi connectivity index (χ4v) is 2.65. The SMILES string of the molecule is COCCCNC(=O)c1ccc(S(=O)(=O)C(C)C)cc1. The van der Waals surface area contributed by atoms with Gasteiger partial charge in [0.2, 0.25) is 0 Å². The van der Waals surface area contributed by atoms with Gasteiger partial charge in [0.05, 0.1) is 10.1 Å². The highest BCUT2D eigenvalue weighted by molar-refractivity contribution is 7.92. The maximum atomic E-state index is 11.9. The maximum absolute atomic E-state index is 11.9. The lowest BCUT2D eigenvalue weighted by Crippen LogP contribution is -2.25. The molecule has 0 aliphatic rings. The standard InChI is InChI=1S/C14H21NO4S/c1-11(2)20(17,18)13-7-5-12(6-8-13)14(16)15-9-4-10-19-3/h5-8,11H,4,9-10H2,1-3H3,(H,15,16). The molecule has 0 saturated carbocycles. The Labute approximate surface area is 120 Å². The molecule has 0 radical (unpaired) electrons. The van der Waals surface area contributed by atoms with Gasteiger partial charge in [0.15, 0.2) is 9.84 Å². The third kappa shape index (κ3) is 4.31. The predicted octanol–water partition coefficient (Wildman–Crippen LogP) is 1.63. The molecule has 0 aliphatic heterocycles. The third-order valence-corrected chi connectivity index (χ3v) is 5.05. The highest BCUT2D eigenvalue weighted by atomic mass is 32.2. The number of ether oxygens (including phenoxy) is 1. The molecular weight excluding hydrogens is 278 g/mol. The van der Waals surface area contributed by atoms with Gasteiger partial charge in [-0.15, -0.1) is 0 Å². The van der Waals surface area contributed by atoms with Crippen LogP contribution >= 0.6 is 0 Å². The van der Waals surface area contributed by atoms with Gasteiger partial charge in [-0.2, -0.15) is 0 Å². The lowest BCUT2D eigenvalue weighted by Gasteiger charge is -2.09. The molecule has 0 atom stereocenters. The molecule has 0 fully saturated rings. The second-order valence-corrected chi connectivity index (χ2v) is 7.22. The van der Waals surface area contributed by atoms with E-state index in [0.29, 0.717) is 18.7 Å². The second kappa shape index (κ2) is 7.40. The first-order chi connectivity index (χ1) is 9.39. The zero-order valence-corrected chi connectivity index (χ0v) is 12.9. The van der Waals surface area contributed by atoms with E-state index < -0.39 is 15.1 Å². The summed E-state index contributed by atoms with van der Waals surface area (Å²) >= 11 is 0. The van der Waals surface area contributed by atoms with E-state index in [2.05, 4.69) is 5.32 Å². The fraction of sp³-hybridized carbons (Fsp3) is 0.500. The highest BCUT2D eigenvalue weighted by Crippen LogP contribution is 2.16. The second-order valence-electron chi connectivity index (χ2n) is 4.72. The van der Waals surface area contributed by atoms with E-state index in [-0.39, 0.29) is 10.8 Å². The summed E-state index contributed by atoms with van der Waals surface area (Å²) in [6, 6.07) is 6.00. The fourth-order valence-electron chi connectivity index (χ4n) is 1.59. The smallest absolute Gasteiger partial charge is 0.251 e. The Morgan fingerprint density at radius 2 is 1.85 bits per heavy atom. The number of benzene rings is 1. The Morgan fingerprint density at radius 1 is 1.25 bits per heavy atom. The van der Waals surface area contributed by atoms with Gasteiger partial charge in [-0.3, -0.25) is 4.79 Å². The van der Waals surface area contributed by atoms with Crippen molar-refractivity contribution in [3.8, 4) is 0 Å². The maximum Gasteiger partial charge on any atom is 0.251 e. The van der Waals surface area contributed by atoms with Crippen molar-refractivity contribution < 1.29 is 17.9 Å². The molecule has 6 heteroatoms. The molecule has 1 amide bonds. The van der Waals surface area contributed by atoms with Gasteiger partial charge in [-0.1, -0.05) is 0 Å². The van der Waals surface area contributed by atoms with Crippen LogP contribution in [-0.2, 0) is 14.6 Å². The Balaban J connectivity index is 2.69. The molecule has 112 valence electrons. The summed E-state index contributed by atoms with van der Waals surface area (Å²) in [6.45, 7) is 4.38. The molecule has 20 heavy (non-hydrogen) atoms. The van der Waals surface area contributed by atoms with E-state index in [1.807, 2.05) is 0 Å². The summed E-state index contributed by atoms with van der Waals surface area (Å²) in [4.78, 5) is 12.0. The van der Waals surface area contributed by atoms with Gasteiger partial charge in [-0.05, 0) is 44.5 Å². The number of carbonyl (C=O) groups is 1. The normalized spacial score (nSPS) is 11.6. The number of nitrogens with one attached hydrogen (secondary N) is 1. The van der Waals surface area contributed by atoms with Crippen LogP contribution < -0.4 is 5.32 Å². The van der Waals surface area contributed by atoms with Crippen LogP contribution in [0.1, 0.15) is 30.6 Å². The summed E-state index contributed by atoms with van der Waals surface area (Å²) in [5.41, 5.74) is 0.449. The number of hydrogen-bond acceptors (Lipinski definition) is 4. The quantitative estimate of drug-likeness (QED) is 0.777. The van der Waals surface area contributed by atoms with Crippen molar-refractivity contribution in [2.75, 3.05) is 20.3 Å². The van der Waals surface area contributed by atoms with Crippen molar-refractivity contribution in [1.82, 2.24) is 5.32 Å². The Bertz CT molecular complexity index is 535. The van der Waals surface area contributed by atoms with Crippen LogP contribution in [0.2, 0.25) is 0 Å². The molecule has 0 bridgehead atoms. The van der Waals surface area contributed by atoms with Crippen molar-refractivity contribution in [3.05, 3.63) is 29.8 Å². The number of carbonyl (C=O) groups excluding carboxylic acids is 1. The summed E-state index contributed by atoms with van der Waals surface area (Å²) in [5, 5.41) is 2.27. The molecule has 1 N–H and O–H groups in total. The number of methoxy groups -OCH3 is 1. The molecule has 0 heterocycles. The van der Waals surface area contributed by atoms with E-state index in [9.17, 15) is 13.2 Å². The molecule has 5 nitrogen and oxygen atoms in total. The van der Waals surface area contributed by atoms with Crippen molar-refractivity contribution >= 4 is 15.7 Å². The number of sulfone groups is 1. The van der Waals surface area contributed by atoms with Crippen molar-refractivity contribution in [2.45, 2.75) is 30.4 Å². The predicted molar refractivity (Wildman–Crippen MR) is 77.6 cm³/mol. The molecule has 1 rings (SSSR count). The van der Waals surface area contributed by atoms with Gasteiger partial charge in [-0.25, -0.2) is 8.42 Å². The monoisotopic (exact) mass is 299 g/mol. The lowest BCUT2D eigenvalue weighted by atomic mass is 10.2. The van der Waals surface area contributed by atoms with Crippen molar-refractivity contribution in [1.29, 1.82) is 0 Å². The van der Waals surface area contributed by atoms with E-state index in [0.717, 1.165) is 6.42 Å². The number of amides is 1. The third-order valence-electron chi connectivity index (χ3n) is 2.88. The molecule has 0 spiro atoms. The summed E-state index contributed by atoms with van der Waals surface area (Å²) in [7, 11) is -1.69. The first kappa shape index (κ1) is 16.7. The van der Waals surface area contributed by atoms with E-state index >= 15 is 0 Å². The molecular formula is C14H21NO4S. The van der Waals surface area contributed by atoms with Gasteiger partial charge < -0.3 is 10.1 Å². The van der Waals surface area contributed by atoms with Crippen LogP contribution in [0.5, 0.6) is 0 Å². The molecule has 0 aromatic heterocycles. The van der Waals surface area contributed by atoms with Gasteiger partial charge in [0.25, 0.3) is 5.91 Å². The van der Waals surface area contributed by atoms with Crippen molar-refractivity contribution in [2.24, 2.45) is 0 Å². The van der Waals surface area contributed by atoms with Crippen LogP contribution in [0.25, 0.3) is 0 Å². The molecule has 0 unspecified atom stereocenters. The van der Waals surface area contributed by atoms with E-state index in [1.165, 1.54) is 24.3 Å². The van der Waals surface area contributed by atoms with Crippen LogP contribution in [0.4, 0.5) is 0 Å². The Morgan fingerprint density at radius 3 is 2.35 bits per heavy atom. The molecule has 0 saturated heterocycles. The van der Waals surface area contributed by atoms with E-state index in [1.54, 1.807) is 21.0 Å². The summed E-state index contributed by atoms with van der Waals surface area (Å²) < 4.78 is 28.8. The minimum Gasteiger partial charge on any atom is -0.385 e. The van der Waals surface area contributed by atoms with Gasteiger partial charge >= 0.3 is 0 Å². The number of hydrogen-bond donors (Lipinski definition) is 1. The lowest BCUT2D eigenvalue weighted by molar-refractivity contribution is 0.0948. The minimum atomic E-state index is -3.29. The van der Waals surface area contributed by atoms with Gasteiger partial charge in [0, 0.05) is 25.8 Å². The van der Waals surface area contributed by atoms with Crippen LogP contribution in [0.15, 0.2) is 29.2 Å². The van der Waals surface area contributed by atoms with Gasteiger partial charge in [0.1, 0.15) is 0 Å². The zero-order chi connectivity index (χ0) is 15.2. The van der Waals surface area contributed by atoms with E-state index in [4.69, 9.17) is 4.74 Å². The van der Waals surface area contributed by atoms with Crippen LogP contribution in [0, 0.1) is 0 Å². The van der Waals surface area contributed by atoms with Crippen LogP contribution in [0.3, 0.4) is 0 Å². The average Bonchev–Trinajstić information content (AvgIpc) is 2.43. The zero-order valence-electron chi connectivity index (χ0n) is 12.0. The average molecular weight is 299 g/mol.